The fourth-order valence-corrected chi connectivity index (χ4v) is 2.71. The third-order valence-electron chi connectivity index (χ3n) is 4.01. The van der Waals surface area contributed by atoms with Gasteiger partial charge in [0.1, 0.15) is 0 Å². The first-order valence-electron chi connectivity index (χ1n) is 6.46. The van der Waals surface area contributed by atoms with E-state index in [-0.39, 0.29) is 0 Å². The van der Waals surface area contributed by atoms with Crippen LogP contribution in [0.25, 0.3) is 10.9 Å². The lowest BCUT2D eigenvalue weighted by Gasteiger charge is -2.04. The van der Waals surface area contributed by atoms with Crippen LogP contribution in [0.3, 0.4) is 0 Å². The molecule has 0 aliphatic heterocycles. The Kier molecular flexibility index (Phi) is 1.79. The van der Waals surface area contributed by atoms with Gasteiger partial charge < -0.3 is 4.57 Å². The topological polar surface area (TPSA) is 22.0 Å². The quantitative estimate of drug-likeness (QED) is 0.730. The van der Waals surface area contributed by atoms with E-state index in [1.54, 1.807) is 0 Å². The molecule has 1 heterocycles. The van der Waals surface area contributed by atoms with Crippen molar-refractivity contribution in [2.24, 2.45) is 0 Å². The van der Waals surface area contributed by atoms with Gasteiger partial charge >= 0.3 is 0 Å². The van der Waals surface area contributed by atoms with Crippen molar-refractivity contribution in [3.63, 3.8) is 0 Å². The zero-order chi connectivity index (χ0) is 11.4. The number of rotatable bonds is 3. The van der Waals surface area contributed by atoms with Crippen LogP contribution in [0.5, 0.6) is 0 Å². The smallest absolute Gasteiger partial charge is 0.152 e. The molecule has 0 atom stereocenters. The molecule has 2 aliphatic rings. The normalized spacial score (nSPS) is 19.8. The van der Waals surface area contributed by atoms with Crippen molar-refractivity contribution in [2.45, 2.75) is 37.6 Å². The predicted molar refractivity (Wildman–Crippen MR) is 67.6 cm³/mol. The van der Waals surface area contributed by atoms with Crippen molar-refractivity contribution in [1.82, 2.24) is 4.57 Å². The third-order valence-corrected chi connectivity index (χ3v) is 4.01. The van der Waals surface area contributed by atoms with E-state index < -0.39 is 0 Å². The zero-order valence-corrected chi connectivity index (χ0v) is 9.73. The molecule has 4 rings (SSSR count). The van der Waals surface area contributed by atoms with Gasteiger partial charge in [0.25, 0.3) is 0 Å². The van der Waals surface area contributed by atoms with Gasteiger partial charge in [-0.3, -0.25) is 4.79 Å². The van der Waals surface area contributed by atoms with E-state index >= 15 is 0 Å². The molecule has 2 aromatic rings. The van der Waals surface area contributed by atoms with Crippen molar-refractivity contribution in [2.75, 3.05) is 0 Å². The van der Waals surface area contributed by atoms with Crippen molar-refractivity contribution in [3.05, 3.63) is 35.5 Å². The molecule has 0 bridgehead atoms. The van der Waals surface area contributed by atoms with Gasteiger partial charge in [0, 0.05) is 28.7 Å². The van der Waals surface area contributed by atoms with E-state index in [4.69, 9.17) is 0 Å². The van der Waals surface area contributed by atoms with Crippen molar-refractivity contribution in [1.29, 1.82) is 0 Å². The molecule has 17 heavy (non-hydrogen) atoms. The van der Waals surface area contributed by atoms with Crippen LogP contribution in [0.15, 0.2) is 24.4 Å². The summed E-state index contributed by atoms with van der Waals surface area (Å²) in [6, 6.07) is 7.27. The second-order valence-electron chi connectivity index (χ2n) is 5.39. The summed E-state index contributed by atoms with van der Waals surface area (Å²) in [6.07, 6.45) is 8.20. The molecule has 2 aliphatic carbocycles. The third kappa shape index (κ3) is 1.43. The lowest BCUT2D eigenvalue weighted by atomic mass is 10.1. The second-order valence-corrected chi connectivity index (χ2v) is 5.39. The van der Waals surface area contributed by atoms with Crippen LogP contribution in [0.2, 0.25) is 0 Å². The molecular formula is C15H15NO. The molecule has 1 aromatic carbocycles. The second kappa shape index (κ2) is 3.22. The minimum absolute atomic E-state index is 0.639. The van der Waals surface area contributed by atoms with Gasteiger partial charge in [-0.1, -0.05) is 12.1 Å². The summed E-state index contributed by atoms with van der Waals surface area (Å²) >= 11 is 0. The van der Waals surface area contributed by atoms with Crippen LogP contribution in [0.4, 0.5) is 0 Å². The fourth-order valence-electron chi connectivity index (χ4n) is 2.71. The van der Waals surface area contributed by atoms with Crippen LogP contribution in [0, 0.1) is 0 Å². The highest BCUT2D eigenvalue weighted by atomic mass is 16.1. The average molecular weight is 225 g/mol. The molecule has 0 saturated heterocycles. The van der Waals surface area contributed by atoms with Gasteiger partial charge in [-0.05, 0) is 43.2 Å². The molecule has 1 aromatic heterocycles. The van der Waals surface area contributed by atoms with E-state index in [0.29, 0.717) is 6.04 Å². The van der Waals surface area contributed by atoms with Crippen molar-refractivity contribution in [3.8, 4) is 0 Å². The molecule has 0 spiro atoms. The van der Waals surface area contributed by atoms with Gasteiger partial charge in [-0.15, -0.1) is 0 Å². The monoisotopic (exact) mass is 225 g/mol. The Morgan fingerprint density at radius 1 is 1.18 bits per heavy atom. The number of hydrogen-bond acceptors (Lipinski definition) is 1. The molecule has 2 heteroatoms. The summed E-state index contributed by atoms with van der Waals surface area (Å²) in [4.78, 5) is 11.1. The van der Waals surface area contributed by atoms with Crippen molar-refractivity contribution < 1.29 is 4.79 Å². The number of fused-ring (bicyclic) bond motifs is 1. The summed E-state index contributed by atoms with van der Waals surface area (Å²) < 4.78 is 2.31. The summed E-state index contributed by atoms with van der Waals surface area (Å²) in [5.41, 5.74) is 3.56. The number of carbonyl (C=O) groups is 1. The molecule has 2 nitrogen and oxygen atoms in total. The minimum Gasteiger partial charge on any atom is -0.344 e. The summed E-state index contributed by atoms with van der Waals surface area (Å²) in [5, 5.41) is 1.12. The van der Waals surface area contributed by atoms with Crippen LogP contribution >= 0.6 is 0 Å². The maximum absolute atomic E-state index is 11.1. The van der Waals surface area contributed by atoms with Gasteiger partial charge in [0.05, 0.1) is 0 Å². The Morgan fingerprint density at radius 2 is 2.00 bits per heavy atom. The van der Waals surface area contributed by atoms with Crippen LogP contribution in [0.1, 0.15) is 53.6 Å². The van der Waals surface area contributed by atoms with E-state index in [2.05, 4.69) is 22.8 Å². The van der Waals surface area contributed by atoms with Crippen LogP contribution in [-0.2, 0) is 0 Å². The lowest BCUT2D eigenvalue weighted by Crippen LogP contribution is -1.91. The highest BCUT2D eigenvalue weighted by molar-refractivity contribution is 5.98. The van der Waals surface area contributed by atoms with Gasteiger partial charge in [-0.25, -0.2) is 0 Å². The van der Waals surface area contributed by atoms with E-state index in [1.807, 2.05) is 6.20 Å². The van der Waals surface area contributed by atoms with E-state index in [1.165, 1.54) is 36.8 Å². The molecule has 2 fully saturated rings. The molecule has 0 unspecified atom stereocenters. The first-order chi connectivity index (χ1) is 8.36. The van der Waals surface area contributed by atoms with Crippen LogP contribution in [-0.4, -0.2) is 10.9 Å². The number of hydrogen-bond donors (Lipinski definition) is 0. The van der Waals surface area contributed by atoms with Gasteiger partial charge in [0.15, 0.2) is 6.29 Å². The standard InChI is InChI=1S/C15H15NO/c17-9-12-8-16(13-4-5-13)15-7-11(10-1-2-10)3-6-14(12)15/h3,6-10,13H,1-2,4-5H2. The lowest BCUT2D eigenvalue weighted by molar-refractivity contribution is 0.112. The number of benzene rings is 1. The number of aldehydes is 1. The van der Waals surface area contributed by atoms with Gasteiger partial charge in [0.2, 0.25) is 0 Å². The summed E-state index contributed by atoms with van der Waals surface area (Å²) in [7, 11) is 0. The van der Waals surface area contributed by atoms with Crippen molar-refractivity contribution >= 4 is 17.2 Å². The van der Waals surface area contributed by atoms with Crippen LogP contribution < -0.4 is 0 Å². The van der Waals surface area contributed by atoms with Gasteiger partial charge in [-0.2, -0.15) is 0 Å². The number of carbonyl (C=O) groups excluding carboxylic acids is 1. The largest absolute Gasteiger partial charge is 0.344 e. The SMILES string of the molecule is O=Cc1cn(C2CC2)c2cc(C3CC3)ccc12. The Balaban J connectivity index is 1.96. The Morgan fingerprint density at radius 3 is 2.65 bits per heavy atom. The molecule has 0 radical (unpaired) electrons. The fraction of sp³-hybridized carbons (Fsp3) is 0.400. The minimum atomic E-state index is 0.639. The number of aromatic nitrogens is 1. The molecule has 0 amide bonds. The predicted octanol–water partition coefficient (Wildman–Crippen LogP) is 3.67. The van der Waals surface area contributed by atoms with E-state index in [9.17, 15) is 4.79 Å². The first kappa shape index (κ1) is 9.46. The van der Waals surface area contributed by atoms with E-state index in [0.717, 1.165) is 23.2 Å². The average Bonchev–Trinajstić information content (AvgIpc) is 3.24. The zero-order valence-electron chi connectivity index (χ0n) is 9.73. The molecule has 0 N–H and O–H groups in total. The first-order valence-corrected chi connectivity index (χ1v) is 6.46. The Labute approximate surface area is 100 Å². The summed E-state index contributed by atoms with van der Waals surface area (Å²) in [6.45, 7) is 0. The molecular weight excluding hydrogens is 210 g/mol. The Hall–Kier alpha value is -1.57. The summed E-state index contributed by atoms with van der Waals surface area (Å²) in [5.74, 6) is 0.779. The highest BCUT2D eigenvalue weighted by Crippen LogP contribution is 2.43. The highest BCUT2D eigenvalue weighted by Gasteiger charge is 2.28. The maximum atomic E-state index is 11.1. The Bertz CT molecular complexity index is 603. The maximum Gasteiger partial charge on any atom is 0.152 e. The molecule has 2 saturated carbocycles. The number of nitrogens with zero attached hydrogens (tertiary/aromatic N) is 1. The molecule has 86 valence electrons.